The molecule has 0 aliphatic carbocycles. The first-order chi connectivity index (χ1) is 12.2. The smallest absolute Gasteiger partial charge is 0.342 e. The zero-order valence-electron chi connectivity index (χ0n) is 13.9. The Morgan fingerprint density at radius 1 is 0.880 bits per heavy atom. The van der Waals surface area contributed by atoms with Crippen LogP contribution in [0.1, 0.15) is 22.8 Å². The van der Waals surface area contributed by atoms with Crippen molar-refractivity contribution in [1.82, 2.24) is 0 Å². The van der Waals surface area contributed by atoms with Gasteiger partial charge in [0.05, 0.1) is 6.61 Å². The van der Waals surface area contributed by atoms with Gasteiger partial charge in [0, 0.05) is 5.56 Å². The van der Waals surface area contributed by atoms with Crippen molar-refractivity contribution in [3.63, 3.8) is 0 Å². The molecule has 0 spiro atoms. The van der Waals surface area contributed by atoms with Crippen molar-refractivity contribution in [1.29, 1.82) is 0 Å². The molecular formula is C22H18O3. The fourth-order valence-corrected chi connectivity index (χ4v) is 2.64. The molecule has 3 heteroatoms. The van der Waals surface area contributed by atoms with E-state index >= 15 is 0 Å². The fourth-order valence-electron chi connectivity index (χ4n) is 2.64. The predicted molar refractivity (Wildman–Crippen MR) is 99.3 cm³/mol. The van der Waals surface area contributed by atoms with Gasteiger partial charge in [-0.1, -0.05) is 66.7 Å². The second-order valence-electron chi connectivity index (χ2n) is 5.58. The highest BCUT2D eigenvalue weighted by Crippen LogP contribution is 2.19. The number of carbonyl (C=O) groups excluding carboxylic acids is 2. The molecule has 0 saturated heterocycles. The van der Waals surface area contributed by atoms with Crippen LogP contribution in [0.4, 0.5) is 0 Å². The first kappa shape index (κ1) is 16.7. The minimum Gasteiger partial charge on any atom is -0.462 e. The van der Waals surface area contributed by atoms with Crippen LogP contribution < -0.4 is 0 Å². The number of carbonyl (C=O) groups is 2. The lowest BCUT2D eigenvalue weighted by molar-refractivity contribution is -0.137. The molecule has 0 N–H and O–H groups in total. The highest BCUT2D eigenvalue weighted by molar-refractivity contribution is 6.26. The van der Waals surface area contributed by atoms with E-state index in [1.165, 1.54) is 0 Å². The van der Waals surface area contributed by atoms with Crippen molar-refractivity contribution in [2.45, 2.75) is 6.92 Å². The number of ether oxygens (including phenoxy) is 1. The molecule has 0 saturated carbocycles. The number of benzene rings is 3. The van der Waals surface area contributed by atoms with Crippen LogP contribution in [-0.4, -0.2) is 18.4 Å². The molecule has 0 aliphatic rings. The maximum atomic E-state index is 12.8. The van der Waals surface area contributed by atoms with Gasteiger partial charge in [0.15, 0.2) is 5.78 Å². The van der Waals surface area contributed by atoms with Gasteiger partial charge in [0.25, 0.3) is 0 Å². The minimum atomic E-state index is -0.607. The largest absolute Gasteiger partial charge is 0.462 e. The monoisotopic (exact) mass is 330 g/mol. The molecular weight excluding hydrogens is 312 g/mol. The van der Waals surface area contributed by atoms with Gasteiger partial charge in [-0.3, -0.25) is 4.79 Å². The van der Waals surface area contributed by atoms with Crippen molar-refractivity contribution in [2.75, 3.05) is 6.61 Å². The van der Waals surface area contributed by atoms with E-state index in [9.17, 15) is 9.59 Å². The Labute approximate surface area is 146 Å². The van der Waals surface area contributed by atoms with Gasteiger partial charge >= 0.3 is 5.97 Å². The summed E-state index contributed by atoms with van der Waals surface area (Å²) in [5.41, 5.74) is 1.27. The summed E-state index contributed by atoms with van der Waals surface area (Å²) in [6.45, 7) is 1.94. The topological polar surface area (TPSA) is 43.4 Å². The van der Waals surface area contributed by atoms with Crippen LogP contribution in [0.15, 0.2) is 78.4 Å². The van der Waals surface area contributed by atoms with Gasteiger partial charge in [0.2, 0.25) is 0 Å². The number of rotatable bonds is 5. The second-order valence-corrected chi connectivity index (χ2v) is 5.58. The van der Waals surface area contributed by atoms with E-state index in [0.717, 1.165) is 16.3 Å². The normalized spacial score (nSPS) is 11.3. The number of Topliss-reactive ketones (excluding diaryl/α,β-unsaturated/α-hetero) is 1. The van der Waals surface area contributed by atoms with Crippen LogP contribution in [0.25, 0.3) is 16.8 Å². The SMILES string of the molecule is CCOC(=O)C(=Cc1ccc2ccccc2c1)C(=O)c1ccccc1. The molecule has 0 bridgehead atoms. The number of hydrogen-bond acceptors (Lipinski definition) is 3. The van der Waals surface area contributed by atoms with E-state index < -0.39 is 5.97 Å². The van der Waals surface area contributed by atoms with Crippen LogP contribution in [-0.2, 0) is 9.53 Å². The Morgan fingerprint density at radius 2 is 1.56 bits per heavy atom. The molecule has 0 amide bonds. The molecule has 0 aromatic heterocycles. The van der Waals surface area contributed by atoms with Crippen LogP contribution in [0, 0.1) is 0 Å². The van der Waals surface area contributed by atoms with E-state index in [4.69, 9.17) is 4.74 Å². The third-order valence-electron chi connectivity index (χ3n) is 3.86. The molecule has 3 aromatic rings. The van der Waals surface area contributed by atoms with Crippen molar-refractivity contribution in [3.8, 4) is 0 Å². The van der Waals surface area contributed by atoms with E-state index in [-0.39, 0.29) is 18.0 Å². The Hall–Kier alpha value is -3.20. The van der Waals surface area contributed by atoms with Gasteiger partial charge in [0.1, 0.15) is 5.57 Å². The lowest BCUT2D eigenvalue weighted by atomic mass is 9.99. The molecule has 0 aliphatic heterocycles. The number of ketones is 1. The number of hydrogen-bond donors (Lipinski definition) is 0. The third-order valence-corrected chi connectivity index (χ3v) is 3.86. The minimum absolute atomic E-state index is 0.0309. The van der Waals surface area contributed by atoms with E-state index in [1.54, 1.807) is 37.3 Å². The molecule has 3 nitrogen and oxygen atoms in total. The third kappa shape index (κ3) is 3.83. The average Bonchev–Trinajstić information content (AvgIpc) is 2.66. The lowest BCUT2D eigenvalue weighted by Gasteiger charge is -2.07. The van der Waals surface area contributed by atoms with E-state index in [1.807, 2.05) is 48.5 Å². The lowest BCUT2D eigenvalue weighted by Crippen LogP contribution is -2.16. The molecule has 124 valence electrons. The summed E-state index contributed by atoms with van der Waals surface area (Å²) in [6, 6.07) is 22.5. The Balaban J connectivity index is 2.04. The van der Waals surface area contributed by atoms with Gasteiger partial charge in [-0.15, -0.1) is 0 Å². The first-order valence-corrected chi connectivity index (χ1v) is 8.16. The summed E-state index contributed by atoms with van der Waals surface area (Å²) in [5, 5.41) is 2.15. The zero-order valence-corrected chi connectivity index (χ0v) is 13.9. The van der Waals surface area contributed by atoms with E-state index in [0.29, 0.717) is 5.56 Å². The molecule has 0 fully saturated rings. The summed E-state index contributed by atoms with van der Waals surface area (Å²) < 4.78 is 5.08. The maximum Gasteiger partial charge on any atom is 0.342 e. The second kappa shape index (κ2) is 7.58. The zero-order chi connectivity index (χ0) is 17.6. The fraction of sp³-hybridized carbons (Fsp3) is 0.0909. The molecule has 0 unspecified atom stereocenters. The average molecular weight is 330 g/mol. The van der Waals surface area contributed by atoms with Crippen molar-refractivity contribution < 1.29 is 14.3 Å². The quantitative estimate of drug-likeness (QED) is 0.224. The van der Waals surface area contributed by atoms with Gasteiger partial charge in [-0.2, -0.15) is 0 Å². The van der Waals surface area contributed by atoms with Gasteiger partial charge in [-0.25, -0.2) is 4.79 Å². The standard InChI is InChI=1S/C22H18O3/c1-2-25-22(24)20(21(23)18-9-4-3-5-10-18)15-16-12-13-17-8-6-7-11-19(17)14-16/h3-15H,2H2,1H3. The van der Waals surface area contributed by atoms with Crippen molar-refractivity contribution in [3.05, 3.63) is 89.5 Å². The summed E-state index contributed by atoms with van der Waals surface area (Å²) in [4.78, 5) is 25.1. The predicted octanol–water partition coefficient (Wildman–Crippen LogP) is 4.67. The molecule has 0 radical (unpaired) electrons. The van der Waals surface area contributed by atoms with Crippen LogP contribution in [0.3, 0.4) is 0 Å². The first-order valence-electron chi connectivity index (χ1n) is 8.16. The highest BCUT2D eigenvalue weighted by Gasteiger charge is 2.21. The summed E-state index contributed by atoms with van der Waals surface area (Å²) in [5.74, 6) is -0.947. The Morgan fingerprint density at radius 3 is 2.28 bits per heavy atom. The summed E-state index contributed by atoms with van der Waals surface area (Å²) >= 11 is 0. The van der Waals surface area contributed by atoms with E-state index in [2.05, 4.69) is 0 Å². The molecule has 3 rings (SSSR count). The highest BCUT2D eigenvalue weighted by atomic mass is 16.5. The van der Waals surface area contributed by atoms with Gasteiger partial charge < -0.3 is 4.74 Å². The van der Waals surface area contributed by atoms with Crippen LogP contribution >= 0.6 is 0 Å². The summed E-state index contributed by atoms with van der Waals surface area (Å²) in [7, 11) is 0. The molecule has 3 aromatic carbocycles. The van der Waals surface area contributed by atoms with Crippen molar-refractivity contribution >= 4 is 28.6 Å². The Kier molecular flexibility index (Phi) is 5.05. The van der Waals surface area contributed by atoms with Crippen LogP contribution in [0.5, 0.6) is 0 Å². The number of esters is 1. The van der Waals surface area contributed by atoms with Crippen molar-refractivity contribution in [2.24, 2.45) is 0 Å². The van der Waals surface area contributed by atoms with Gasteiger partial charge in [-0.05, 0) is 35.4 Å². The molecule has 0 atom stereocenters. The van der Waals surface area contributed by atoms with Crippen LogP contribution in [0.2, 0.25) is 0 Å². The maximum absolute atomic E-state index is 12.8. The molecule has 25 heavy (non-hydrogen) atoms. The molecule has 0 heterocycles. The summed E-state index contributed by atoms with van der Waals surface area (Å²) in [6.07, 6.45) is 1.60. The number of fused-ring (bicyclic) bond motifs is 1. The Bertz CT molecular complexity index is 940.